The normalized spacial score (nSPS) is 15.3. The molecule has 0 bridgehead atoms. The topological polar surface area (TPSA) is 29.5 Å². The molecule has 0 saturated heterocycles. The van der Waals surface area contributed by atoms with Gasteiger partial charge in [0, 0.05) is 28.8 Å². The van der Waals surface area contributed by atoms with Crippen molar-refractivity contribution in [3.63, 3.8) is 0 Å². The van der Waals surface area contributed by atoms with Gasteiger partial charge in [-0.25, -0.2) is 0 Å². The van der Waals surface area contributed by atoms with Crippen LogP contribution in [0.1, 0.15) is 31.7 Å². The predicted molar refractivity (Wildman–Crippen MR) is 85.6 cm³/mol. The minimum atomic E-state index is 0.222. The van der Waals surface area contributed by atoms with Crippen LogP contribution >= 0.6 is 22.6 Å². The average Bonchev–Trinajstić information content (AvgIpc) is 2.54. The fourth-order valence-corrected chi connectivity index (χ4v) is 2.92. The lowest BCUT2D eigenvalue weighted by Gasteiger charge is -2.23. The van der Waals surface area contributed by atoms with Crippen molar-refractivity contribution in [3.05, 3.63) is 27.3 Å². The van der Waals surface area contributed by atoms with E-state index in [9.17, 15) is 4.79 Å². The number of benzene rings is 1. The van der Waals surface area contributed by atoms with Crippen LogP contribution in [0, 0.1) is 3.57 Å². The van der Waals surface area contributed by atoms with Crippen molar-refractivity contribution >= 4 is 34.2 Å². The second-order valence-corrected chi connectivity index (χ2v) is 6.03. The van der Waals surface area contributed by atoms with Crippen molar-refractivity contribution in [2.75, 3.05) is 24.7 Å². The van der Waals surface area contributed by atoms with Crippen molar-refractivity contribution < 1.29 is 9.53 Å². The summed E-state index contributed by atoms with van der Waals surface area (Å²) in [5, 5.41) is 0. The van der Waals surface area contributed by atoms with Crippen LogP contribution in [0.15, 0.2) is 18.2 Å². The largest absolute Gasteiger partial charge is 0.380 e. The number of nitrogens with zero attached hydrogens (tertiary/aromatic N) is 1. The van der Waals surface area contributed by atoms with E-state index in [-0.39, 0.29) is 5.91 Å². The molecule has 0 saturated carbocycles. The van der Waals surface area contributed by atoms with E-state index in [0.717, 1.165) is 31.6 Å². The minimum Gasteiger partial charge on any atom is -0.380 e. The monoisotopic (exact) mass is 373 g/mol. The molecule has 2 rings (SSSR count). The third-order valence-corrected chi connectivity index (χ3v) is 3.95. The van der Waals surface area contributed by atoms with Gasteiger partial charge in [-0.1, -0.05) is 6.92 Å². The number of ether oxygens (including phenoxy) is 1. The van der Waals surface area contributed by atoms with Crippen LogP contribution in [0.2, 0.25) is 0 Å². The van der Waals surface area contributed by atoms with Crippen molar-refractivity contribution in [1.29, 1.82) is 0 Å². The highest BCUT2D eigenvalue weighted by atomic mass is 127. The van der Waals surface area contributed by atoms with Crippen molar-refractivity contribution in [1.82, 2.24) is 0 Å². The van der Waals surface area contributed by atoms with E-state index in [2.05, 4.69) is 47.7 Å². The lowest BCUT2D eigenvalue weighted by atomic mass is 10.1. The zero-order valence-corrected chi connectivity index (χ0v) is 13.5. The highest BCUT2D eigenvalue weighted by Gasteiger charge is 2.21. The van der Waals surface area contributed by atoms with Crippen LogP contribution < -0.4 is 4.90 Å². The maximum absolute atomic E-state index is 12.2. The predicted octanol–water partition coefficient (Wildman–Crippen LogP) is 3.39. The summed E-state index contributed by atoms with van der Waals surface area (Å²) in [6, 6.07) is 6.33. The zero-order valence-electron chi connectivity index (χ0n) is 11.3. The Kier molecular flexibility index (Phi) is 5.63. The highest BCUT2D eigenvalue weighted by molar-refractivity contribution is 14.1. The molecule has 0 radical (unpaired) electrons. The van der Waals surface area contributed by atoms with E-state index < -0.39 is 0 Å². The Morgan fingerprint density at radius 2 is 2.16 bits per heavy atom. The van der Waals surface area contributed by atoms with Gasteiger partial charge in [-0.2, -0.15) is 0 Å². The number of amides is 1. The Hall–Kier alpha value is -0.620. The van der Waals surface area contributed by atoms with Crippen molar-refractivity contribution in [3.8, 4) is 0 Å². The number of hydrogen-bond donors (Lipinski definition) is 0. The molecule has 0 atom stereocenters. The molecular formula is C15H20INO2. The Bertz CT molecular complexity index is 448. The van der Waals surface area contributed by atoms with Crippen LogP contribution in [0.4, 0.5) is 5.69 Å². The van der Waals surface area contributed by atoms with E-state index in [1.165, 1.54) is 9.13 Å². The SMILES string of the molecule is CCCOCCN1C(=O)CCCc2cc(I)ccc21. The second-order valence-electron chi connectivity index (χ2n) is 4.78. The summed E-state index contributed by atoms with van der Waals surface area (Å²) in [5.41, 5.74) is 2.36. The molecule has 0 aliphatic carbocycles. The van der Waals surface area contributed by atoms with Gasteiger partial charge in [-0.15, -0.1) is 0 Å². The first-order valence-electron chi connectivity index (χ1n) is 6.89. The fourth-order valence-electron chi connectivity index (χ4n) is 2.36. The number of halogens is 1. The molecule has 1 aliphatic rings. The zero-order chi connectivity index (χ0) is 13.7. The first-order valence-corrected chi connectivity index (χ1v) is 7.96. The van der Waals surface area contributed by atoms with E-state index >= 15 is 0 Å². The van der Waals surface area contributed by atoms with Crippen LogP contribution in [-0.4, -0.2) is 25.7 Å². The molecule has 4 heteroatoms. The molecule has 3 nitrogen and oxygen atoms in total. The molecule has 19 heavy (non-hydrogen) atoms. The molecule has 0 spiro atoms. The number of fused-ring (bicyclic) bond motifs is 1. The van der Waals surface area contributed by atoms with Crippen LogP contribution in [0.25, 0.3) is 0 Å². The third kappa shape index (κ3) is 3.92. The molecule has 1 aliphatic heterocycles. The fraction of sp³-hybridized carbons (Fsp3) is 0.533. The van der Waals surface area contributed by atoms with Gasteiger partial charge in [0.15, 0.2) is 0 Å². The van der Waals surface area contributed by atoms with Crippen molar-refractivity contribution in [2.45, 2.75) is 32.6 Å². The van der Waals surface area contributed by atoms with E-state index in [4.69, 9.17) is 4.74 Å². The van der Waals surface area contributed by atoms with Crippen LogP contribution in [0.5, 0.6) is 0 Å². The van der Waals surface area contributed by atoms with Gasteiger partial charge in [0.05, 0.1) is 6.61 Å². The van der Waals surface area contributed by atoms with Crippen LogP contribution in [-0.2, 0) is 16.0 Å². The number of hydrogen-bond acceptors (Lipinski definition) is 2. The number of carbonyl (C=O) groups is 1. The standard InChI is InChI=1S/C15H20INO2/c1-2-9-19-10-8-17-14-7-6-13(16)11-12(14)4-3-5-15(17)18/h6-7,11H,2-5,8-10H2,1H3. The summed E-state index contributed by atoms with van der Waals surface area (Å²) in [4.78, 5) is 14.1. The molecule has 0 aromatic heterocycles. The minimum absolute atomic E-state index is 0.222. The van der Waals surface area contributed by atoms with Gasteiger partial charge in [-0.3, -0.25) is 4.79 Å². The summed E-state index contributed by atoms with van der Waals surface area (Å²) in [6.45, 7) is 4.13. The van der Waals surface area contributed by atoms with E-state index in [1.54, 1.807) is 0 Å². The van der Waals surface area contributed by atoms with Gasteiger partial charge in [-0.05, 0) is 65.6 Å². The molecule has 0 N–H and O–H groups in total. The lowest BCUT2D eigenvalue weighted by molar-refractivity contribution is -0.118. The third-order valence-electron chi connectivity index (χ3n) is 3.28. The molecule has 0 fully saturated rings. The van der Waals surface area contributed by atoms with Gasteiger partial charge < -0.3 is 9.64 Å². The summed E-state index contributed by atoms with van der Waals surface area (Å²) < 4.78 is 6.75. The maximum atomic E-state index is 12.2. The molecular weight excluding hydrogens is 353 g/mol. The van der Waals surface area contributed by atoms with E-state index in [0.29, 0.717) is 19.6 Å². The molecule has 1 amide bonds. The quantitative estimate of drug-likeness (QED) is 0.585. The van der Waals surface area contributed by atoms with Gasteiger partial charge >= 0.3 is 0 Å². The van der Waals surface area contributed by atoms with Crippen molar-refractivity contribution in [2.24, 2.45) is 0 Å². The van der Waals surface area contributed by atoms with Gasteiger partial charge in [0.2, 0.25) is 5.91 Å². The Morgan fingerprint density at radius 1 is 1.32 bits per heavy atom. The van der Waals surface area contributed by atoms with Gasteiger partial charge in [0.1, 0.15) is 0 Å². The van der Waals surface area contributed by atoms with Crippen LogP contribution in [0.3, 0.4) is 0 Å². The summed E-state index contributed by atoms with van der Waals surface area (Å²) >= 11 is 2.32. The van der Waals surface area contributed by atoms with E-state index in [1.807, 2.05) is 4.90 Å². The average molecular weight is 373 g/mol. The number of rotatable bonds is 5. The lowest BCUT2D eigenvalue weighted by Crippen LogP contribution is -2.33. The van der Waals surface area contributed by atoms with Gasteiger partial charge in [0.25, 0.3) is 0 Å². The first kappa shape index (κ1) is 14.8. The highest BCUT2D eigenvalue weighted by Crippen LogP contribution is 2.28. The molecule has 1 heterocycles. The number of aryl methyl sites for hydroxylation is 1. The maximum Gasteiger partial charge on any atom is 0.227 e. The summed E-state index contributed by atoms with van der Waals surface area (Å²) in [7, 11) is 0. The Morgan fingerprint density at radius 3 is 2.95 bits per heavy atom. The second kappa shape index (κ2) is 7.24. The smallest absolute Gasteiger partial charge is 0.227 e. The Labute approximate surface area is 128 Å². The Balaban J connectivity index is 2.13. The molecule has 0 unspecified atom stereocenters. The summed E-state index contributed by atoms with van der Waals surface area (Å²) in [6.07, 6.45) is 3.59. The first-order chi connectivity index (χ1) is 9.22. The summed E-state index contributed by atoms with van der Waals surface area (Å²) in [5.74, 6) is 0.222. The number of anilines is 1. The molecule has 104 valence electrons. The molecule has 1 aromatic carbocycles. The molecule has 1 aromatic rings. The number of carbonyl (C=O) groups excluding carboxylic acids is 1.